The Labute approximate surface area is 96.9 Å². The van der Waals surface area contributed by atoms with E-state index in [1.165, 1.54) is 0 Å². The van der Waals surface area contributed by atoms with Crippen molar-refractivity contribution in [2.75, 3.05) is 0 Å². The van der Waals surface area contributed by atoms with Gasteiger partial charge in [0.15, 0.2) is 4.34 Å². The number of alkyl halides is 3. The van der Waals surface area contributed by atoms with Gasteiger partial charge in [0.2, 0.25) is 5.01 Å². The molecule has 4 nitrogen and oxygen atoms in total. The fourth-order valence-corrected chi connectivity index (χ4v) is 2.86. The van der Waals surface area contributed by atoms with Gasteiger partial charge in [0.1, 0.15) is 0 Å². The van der Waals surface area contributed by atoms with Crippen LogP contribution in [0.1, 0.15) is 18.4 Å². The molecular formula is C7H7F3N2O2S2. The van der Waals surface area contributed by atoms with Crippen LogP contribution in [0.5, 0.6) is 0 Å². The van der Waals surface area contributed by atoms with Crippen LogP contribution < -0.4 is 0 Å². The predicted molar refractivity (Wildman–Crippen MR) is 52.5 cm³/mol. The topological polar surface area (TPSA) is 63.1 Å². The first-order chi connectivity index (χ1) is 7.29. The van der Waals surface area contributed by atoms with Crippen molar-refractivity contribution in [3.63, 3.8) is 0 Å². The van der Waals surface area contributed by atoms with Crippen molar-refractivity contribution in [3.05, 3.63) is 5.01 Å². The summed E-state index contributed by atoms with van der Waals surface area (Å²) in [5, 5.41) is 13.5. The van der Waals surface area contributed by atoms with Gasteiger partial charge in [-0.05, 0) is 0 Å². The molecule has 0 aliphatic heterocycles. The fourth-order valence-electron chi connectivity index (χ4n) is 0.832. The second-order valence-electron chi connectivity index (χ2n) is 2.90. The lowest BCUT2D eigenvalue weighted by Crippen LogP contribution is -2.05. The molecule has 0 spiro atoms. The van der Waals surface area contributed by atoms with Crippen molar-refractivity contribution >= 4 is 29.1 Å². The van der Waals surface area contributed by atoms with Crippen molar-refractivity contribution < 1.29 is 23.1 Å². The highest BCUT2D eigenvalue weighted by molar-refractivity contribution is 8.01. The molecule has 0 radical (unpaired) electrons. The maximum absolute atomic E-state index is 12.2. The van der Waals surface area contributed by atoms with Crippen LogP contribution in [-0.2, 0) is 11.0 Å². The van der Waals surface area contributed by atoms with Crippen LogP contribution >= 0.6 is 23.1 Å². The number of rotatable bonds is 4. The number of hydrogen-bond donors (Lipinski definition) is 1. The van der Waals surface area contributed by atoms with Gasteiger partial charge in [-0.3, -0.25) is 4.79 Å². The van der Waals surface area contributed by atoms with Gasteiger partial charge in [0.25, 0.3) is 0 Å². The zero-order chi connectivity index (χ0) is 12.3. The molecule has 0 aliphatic carbocycles. The van der Waals surface area contributed by atoms with E-state index in [1.807, 2.05) is 0 Å². The highest BCUT2D eigenvalue weighted by Crippen LogP contribution is 2.35. The summed E-state index contributed by atoms with van der Waals surface area (Å²) < 4.78 is 36.6. The molecule has 1 heterocycles. The summed E-state index contributed by atoms with van der Waals surface area (Å²) >= 11 is 1.39. The third kappa shape index (κ3) is 3.97. The average molecular weight is 272 g/mol. The number of carboxylic acids is 1. The first kappa shape index (κ1) is 13.2. The first-order valence-corrected chi connectivity index (χ1v) is 5.78. The Morgan fingerprint density at radius 2 is 2.19 bits per heavy atom. The Morgan fingerprint density at radius 1 is 1.56 bits per heavy atom. The molecule has 0 aliphatic rings. The molecular weight excluding hydrogens is 265 g/mol. The SMILES string of the molecule is CC(CC(=O)O)Sc1nnc(C(F)(F)F)s1. The van der Waals surface area contributed by atoms with Crippen LogP contribution in [0.2, 0.25) is 0 Å². The first-order valence-electron chi connectivity index (χ1n) is 4.08. The van der Waals surface area contributed by atoms with Crippen LogP contribution in [0.15, 0.2) is 4.34 Å². The van der Waals surface area contributed by atoms with Gasteiger partial charge < -0.3 is 5.11 Å². The van der Waals surface area contributed by atoms with E-state index >= 15 is 0 Å². The van der Waals surface area contributed by atoms with Crippen LogP contribution in [0.25, 0.3) is 0 Å². The second kappa shape index (κ2) is 5.00. The smallest absolute Gasteiger partial charge is 0.445 e. The van der Waals surface area contributed by atoms with E-state index in [-0.39, 0.29) is 16.0 Å². The number of aliphatic carboxylic acids is 1. The zero-order valence-corrected chi connectivity index (χ0v) is 9.62. The highest BCUT2D eigenvalue weighted by Gasteiger charge is 2.35. The van der Waals surface area contributed by atoms with E-state index in [0.29, 0.717) is 11.3 Å². The van der Waals surface area contributed by atoms with Gasteiger partial charge in [0.05, 0.1) is 6.42 Å². The largest absolute Gasteiger partial charge is 0.481 e. The van der Waals surface area contributed by atoms with Crippen LogP contribution in [0, 0.1) is 0 Å². The quantitative estimate of drug-likeness (QED) is 0.853. The highest BCUT2D eigenvalue weighted by atomic mass is 32.2. The van der Waals surface area contributed by atoms with Gasteiger partial charge in [-0.1, -0.05) is 30.0 Å². The minimum absolute atomic E-state index is 0.126. The summed E-state index contributed by atoms with van der Waals surface area (Å²) in [7, 11) is 0. The predicted octanol–water partition coefficient (Wildman–Crippen LogP) is 2.51. The van der Waals surface area contributed by atoms with Crippen molar-refractivity contribution in [1.29, 1.82) is 0 Å². The molecule has 1 atom stereocenters. The van der Waals surface area contributed by atoms with Gasteiger partial charge >= 0.3 is 12.1 Å². The van der Waals surface area contributed by atoms with Crippen molar-refractivity contribution in [3.8, 4) is 0 Å². The van der Waals surface area contributed by atoms with Crippen molar-refractivity contribution in [1.82, 2.24) is 10.2 Å². The van der Waals surface area contributed by atoms with E-state index in [0.717, 1.165) is 11.8 Å². The molecule has 0 fully saturated rings. The maximum atomic E-state index is 12.2. The van der Waals surface area contributed by atoms with E-state index in [9.17, 15) is 18.0 Å². The standard InChI is InChI=1S/C7H7F3N2O2S2/c1-3(2-4(13)14)15-6-12-11-5(16-6)7(8,9)10/h3H,2H2,1H3,(H,13,14). The number of carbonyl (C=O) groups is 1. The van der Waals surface area contributed by atoms with Crippen LogP contribution in [-0.4, -0.2) is 26.5 Å². The van der Waals surface area contributed by atoms with Gasteiger partial charge in [0, 0.05) is 5.25 Å². The third-order valence-corrected chi connectivity index (χ3v) is 3.57. The van der Waals surface area contributed by atoms with Crippen molar-refractivity contribution in [2.45, 2.75) is 29.1 Å². The molecule has 1 aromatic rings. The van der Waals surface area contributed by atoms with E-state index < -0.39 is 17.2 Å². The molecule has 1 rings (SSSR count). The monoisotopic (exact) mass is 272 g/mol. The molecule has 0 saturated carbocycles. The van der Waals surface area contributed by atoms with E-state index in [4.69, 9.17) is 5.11 Å². The Hall–Kier alpha value is -0.830. The molecule has 16 heavy (non-hydrogen) atoms. The molecule has 0 bridgehead atoms. The summed E-state index contributed by atoms with van der Waals surface area (Å²) in [5.74, 6) is -0.999. The minimum atomic E-state index is -4.49. The molecule has 0 aromatic carbocycles. The Balaban J connectivity index is 2.62. The molecule has 9 heteroatoms. The lowest BCUT2D eigenvalue weighted by atomic mass is 10.3. The Morgan fingerprint density at radius 3 is 2.62 bits per heavy atom. The molecule has 90 valence electrons. The normalized spacial score (nSPS) is 13.8. The van der Waals surface area contributed by atoms with Crippen LogP contribution in [0.3, 0.4) is 0 Å². The third-order valence-electron chi connectivity index (χ3n) is 1.41. The summed E-state index contributed by atoms with van der Waals surface area (Å²) in [6, 6.07) is 0. The summed E-state index contributed by atoms with van der Waals surface area (Å²) in [6.45, 7) is 1.60. The summed E-state index contributed by atoms with van der Waals surface area (Å²) in [4.78, 5) is 10.3. The number of aromatic nitrogens is 2. The average Bonchev–Trinajstić information content (AvgIpc) is 2.49. The van der Waals surface area contributed by atoms with Crippen LogP contribution in [0.4, 0.5) is 13.2 Å². The molecule has 1 unspecified atom stereocenters. The summed E-state index contributed by atoms with van der Waals surface area (Å²) in [6.07, 6.45) is -4.63. The van der Waals surface area contributed by atoms with E-state index in [2.05, 4.69) is 10.2 Å². The van der Waals surface area contributed by atoms with Gasteiger partial charge in [-0.15, -0.1) is 10.2 Å². The number of hydrogen-bond acceptors (Lipinski definition) is 5. The number of thioether (sulfide) groups is 1. The maximum Gasteiger partial charge on any atom is 0.445 e. The lowest BCUT2D eigenvalue weighted by Gasteiger charge is -2.03. The number of nitrogens with zero attached hydrogens (tertiary/aromatic N) is 2. The molecule has 1 aromatic heterocycles. The van der Waals surface area contributed by atoms with Crippen molar-refractivity contribution in [2.24, 2.45) is 0 Å². The van der Waals surface area contributed by atoms with E-state index in [1.54, 1.807) is 6.92 Å². The zero-order valence-electron chi connectivity index (χ0n) is 7.98. The molecule has 0 saturated heterocycles. The number of halogens is 3. The van der Waals surface area contributed by atoms with Gasteiger partial charge in [-0.2, -0.15) is 13.2 Å². The van der Waals surface area contributed by atoms with Gasteiger partial charge in [-0.25, -0.2) is 0 Å². The Bertz CT molecular complexity index is 380. The second-order valence-corrected chi connectivity index (χ2v) is 5.56. The molecule has 0 amide bonds. The fraction of sp³-hybridized carbons (Fsp3) is 0.571. The molecule has 1 N–H and O–H groups in total. The number of carboxylic acid groups (broad SMARTS) is 1. The minimum Gasteiger partial charge on any atom is -0.481 e. The lowest BCUT2D eigenvalue weighted by molar-refractivity contribution is -0.138. The summed E-state index contributed by atoms with van der Waals surface area (Å²) in [5.41, 5.74) is 0. The Kier molecular flexibility index (Phi) is 4.14.